The number of para-hydroxylation sites is 2. The summed E-state index contributed by atoms with van der Waals surface area (Å²) >= 11 is 0. The number of nitrogens with zero attached hydrogens (tertiary/aromatic N) is 3. The predicted molar refractivity (Wildman–Crippen MR) is 299 cm³/mol. The molecule has 5 aromatic rings. The summed E-state index contributed by atoms with van der Waals surface area (Å²) in [6.07, 6.45) is 2.47. The number of rotatable bonds is 20. The van der Waals surface area contributed by atoms with Crippen molar-refractivity contribution in [2.24, 2.45) is 0 Å². The van der Waals surface area contributed by atoms with Gasteiger partial charge < -0.3 is 39.5 Å². The zero-order valence-corrected chi connectivity index (χ0v) is 46.1. The zero-order valence-electron chi connectivity index (χ0n) is 43.7. The molecule has 75 heavy (non-hydrogen) atoms. The van der Waals surface area contributed by atoms with E-state index in [1.165, 1.54) is 16.4 Å². The highest BCUT2D eigenvalue weighted by Crippen LogP contribution is 2.44. The molecule has 5 aromatic carbocycles. The lowest BCUT2D eigenvalue weighted by Crippen LogP contribution is -2.44. The van der Waals surface area contributed by atoms with Crippen molar-refractivity contribution in [1.29, 1.82) is 0 Å². The van der Waals surface area contributed by atoms with Crippen LogP contribution in [-0.2, 0) is 49.9 Å². The normalized spacial score (nSPS) is 18.1. The Balaban J connectivity index is 0.929. The van der Waals surface area contributed by atoms with Gasteiger partial charge in [0, 0.05) is 72.2 Å². The third-order valence-electron chi connectivity index (χ3n) is 14.6. The van der Waals surface area contributed by atoms with Crippen LogP contribution in [0.3, 0.4) is 0 Å². The summed E-state index contributed by atoms with van der Waals surface area (Å²) < 4.78 is 48.1. The van der Waals surface area contributed by atoms with Crippen LogP contribution in [-0.4, -0.2) is 93.6 Å². The first-order chi connectivity index (χ1) is 35.9. The van der Waals surface area contributed by atoms with Crippen molar-refractivity contribution < 1.29 is 46.0 Å². The molecule has 3 amide bonds. The monoisotopic (exact) mass is 1080 g/mol. The van der Waals surface area contributed by atoms with Gasteiger partial charge in [0.25, 0.3) is 21.9 Å². The number of ether oxygens (including phenoxy) is 3. The second-order valence-electron chi connectivity index (χ2n) is 20.3. The average Bonchev–Trinajstić information content (AvgIpc) is 3.92. The van der Waals surface area contributed by atoms with Crippen molar-refractivity contribution in [3.63, 3.8) is 0 Å². The first kappa shape index (κ1) is 53.6. The second-order valence-corrected chi connectivity index (χ2v) is 25.3. The highest BCUT2D eigenvalue weighted by Gasteiger charge is 2.42. The maximum Gasteiger partial charge on any atom is 0.277 e. The van der Waals surface area contributed by atoms with Gasteiger partial charge in [-0.2, -0.15) is 8.42 Å². The molecule has 0 fully saturated rings. The minimum Gasteiger partial charge on any atom is -0.493 e. The number of aryl methyl sites for hydroxylation is 1. The smallest absolute Gasteiger partial charge is 0.277 e. The van der Waals surface area contributed by atoms with Crippen LogP contribution in [0.25, 0.3) is 0 Å². The summed E-state index contributed by atoms with van der Waals surface area (Å²) in [6.45, 7) is 10.6. The fourth-order valence-corrected chi connectivity index (χ4v) is 14.5. The Hall–Kier alpha value is -6.21. The Kier molecular flexibility index (Phi) is 15.8. The molecule has 2 unspecified atom stereocenters. The molecule has 0 aliphatic carbocycles. The van der Waals surface area contributed by atoms with Gasteiger partial charge in [-0.1, -0.05) is 64.9 Å². The number of ketones is 1. The number of hydrogen-bond donors (Lipinski definition) is 2. The number of nitrogens with one attached hydrogen (secondary N) is 2. The summed E-state index contributed by atoms with van der Waals surface area (Å²) in [6, 6.07) is 29.1. The highest BCUT2D eigenvalue weighted by molar-refractivity contribution is 8.77. The minimum atomic E-state index is -4.00. The number of anilines is 5. The summed E-state index contributed by atoms with van der Waals surface area (Å²) in [5.41, 5.74) is 9.59. The molecule has 0 spiro atoms. The largest absolute Gasteiger partial charge is 0.493 e. The molecule has 4 atom stereocenters. The van der Waals surface area contributed by atoms with Crippen LogP contribution in [0.15, 0.2) is 91.0 Å². The maximum atomic E-state index is 14.3. The number of benzene rings is 5. The Morgan fingerprint density at radius 3 is 2.16 bits per heavy atom. The quantitative estimate of drug-likeness (QED) is 0.0428. The van der Waals surface area contributed by atoms with Crippen LogP contribution < -0.4 is 39.5 Å². The third-order valence-corrected chi connectivity index (χ3v) is 19.6. The van der Waals surface area contributed by atoms with Gasteiger partial charge in [-0.25, -0.2) is 0 Å². The molecule has 0 saturated heterocycles. The molecular weight excluding hydrogens is 1010 g/mol. The van der Waals surface area contributed by atoms with Crippen molar-refractivity contribution in [2.45, 2.75) is 114 Å². The van der Waals surface area contributed by atoms with Crippen LogP contribution in [0.1, 0.15) is 102 Å². The number of methoxy groups -OCH3 is 1. The maximum absolute atomic E-state index is 14.3. The van der Waals surface area contributed by atoms with Crippen molar-refractivity contribution in [3.8, 4) is 17.2 Å². The van der Waals surface area contributed by atoms with E-state index in [-0.39, 0.29) is 78.9 Å². The van der Waals surface area contributed by atoms with Crippen LogP contribution in [0.5, 0.6) is 17.2 Å². The summed E-state index contributed by atoms with van der Waals surface area (Å²) in [5.74, 6) is 1.15. The molecule has 15 nitrogen and oxygen atoms in total. The van der Waals surface area contributed by atoms with Crippen LogP contribution in [0, 0.1) is 6.92 Å². The van der Waals surface area contributed by atoms with Gasteiger partial charge in [0.15, 0.2) is 17.3 Å². The third kappa shape index (κ3) is 11.3. The van der Waals surface area contributed by atoms with Crippen LogP contribution in [0.4, 0.5) is 28.4 Å². The van der Waals surface area contributed by atoms with Gasteiger partial charge in [-0.3, -0.25) is 23.4 Å². The molecule has 4 aliphatic rings. The van der Waals surface area contributed by atoms with Crippen LogP contribution >= 0.6 is 21.6 Å². The van der Waals surface area contributed by atoms with E-state index in [0.29, 0.717) is 58.5 Å². The van der Waals surface area contributed by atoms with E-state index in [9.17, 15) is 27.6 Å². The Morgan fingerprint density at radius 2 is 1.48 bits per heavy atom. The SMILES string of the molecule is CCC(=O)C(CCSSC(C)(C)CCC(=O)Nc1cc(COc2cc3c(cc2C)C(=O)N2c4ccccc4C[C@H]2CN3C)cc(COc2cc3c(cc2OC)C(=O)N2c4ccccc4C[C@H]2C(C)N3)c1)S(=O)(=O)OC. The number of carbonyl (C=O) groups is 4. The lowest BCUT2D eigenvalue weighted by Gasteiger charge is -2.27. The van der Waals surface area contributed by atoms with E-state index in [0.717, 1.165) is 59.3 Å². The molecule has 4 aliphatic heterocycles. The Bertz CT molecular complexity index is 3150. The molecule has 9 rings (SSSR count). The topological polar surface area (TPSA) is 173 Å². The fraction of sp³-hybridized carbons (Fsp3) is 0.404. The molecule has 0 bridgehead atoms. The summed E-state index contributed by atoms with van der Waals surface area (Å²) in [5, 5.41) is 5.49. The fourth-order valence-electron chi connectivity index (χ4n) is 10.6. The van der Waals surface area contributed by atoms with Gasteiger partial charge in [-0.05, 0) is 124 Å². The van der Waals surface area contributed by atoms with Gasteiger partial charge in [-0.15, -0.1) is 0 Å². The second kappa shape index (κ2) is 22.2. The summed E-state index contributed by atoms with van der Waals surface area (Å²) in [7, 11) is 3.64. The van der Waals surface area contributed by atoms with E-state index in [1.807, 2.05) is 110 Å². The van der Waals surface area contributed by atoms with E-state index in [1.54, 1.807) is 30.9 Å². The van der Waals surface area contributed by atoms with Gasteiger partial charge >= 0.3 is 0 Å². The van der Waals surface area contributed by atoms with Crippen molar-refractivity contribution in [2.75, 3.05) is 58.9 Å². The molecule has 0 saturated carbocycles. The standard InChI is InChI=1S/C57H65N5O10S3/c1-9-49(63)53(75(67,68)70-8)19-21-73-74-57(4,5)20-18-54(64)59-40-24-36(32-71-50-30-48-43(22-34(50)2)56(66)61-41(31-60(48)6)26-38-14-10-12-16-45(38)61)23-37(25-40)33-72-52-29-44-42(28-51(52)69-7)55(65)62-46-17-13-11-15-39(46)27-47(62)35(3)58-44/h10-17,22-25,28-30,35,41,47,53,58H,9,18-21,26-27,31-33H2,1-8H3,(H,59,64)/t35?,41-,47-,53?/m0/s1. The first-order valence-corrected chi connectivity index (χ1v) is 29.2. The molecule has 396 valence electrons. The minimum absolute atomic E-state index is 0.00847. The summed E-state index contributed by atoms with van der Waals surface area (Å²) in [4.78, 5) is 60.7. The first-order valence-electron chi connectivity index (χ1n) is 25.4. The molecular formula is C57H65N5O10S3. The highest BCUT2D eigenvalue weighted by atomic mass is 33.1. The van der Waals surface area contributed by atoms with Gasteiger partial charge in [0.2, 0.25) is 5.91 Å². The lowest BCUT2D eigenvalue weighted by molar-refractivity contribution is -0.118. The van der Waals surface area contributed by atoms with Crippen molar-refractivity contribution in [3.05, 3.63) is 130 Å². The number of amides is 3. The average molecular weight is 1080 g/mol. The number of fused-ring (bicyclic) bond motifs is 8. The predicted octanol–water partition coefficient (Wildman–Crippen LogP) is 10.2. The Labute approximate surface area is 447 Å². The number of likely N-dealkylation sites (N-methyl/N-ethyl adjacent to an activating group) is 1. The van der Waals surface area contributed by atoms with E-state index < -0.39 is 15.4 Å². The lowest BCUT2D eigenvalue weighted by atomic mass is 10.0. The van der Waals surface area contributed by atoms with E-state index >= 15 is 0 Å². The van der Waals surface area contributed by atoms with Crippen molar-refractivity contribution in [1.82, 2.24) is 0 Å². The van der Waals surface area contributed by atoms with Gasteiger partial charge in [0.1, 0.15) is 24.2 Å². The molecule has 0 aromatic heterocycles. The van der Waals surface area contributed by atoms with E-state index in [2.05, 4.69) is 38.8 Å². The zero-order chi connectivity index (χ0) is 53.3. The number of carbonyl (C=O) groups excluding carboxylic acids is 4. The Morgan fingerprint density at radius 1 is 0.827 bits per heavy atom. The number of Topliss-reactive ketones (excluding diaryl/α,β-unsaturated/α-hetero) is 1. The number of hydrogen-bond acceptors (Lipinski definition) is 14. The van der Waals surface area contributed by atoms with Crippen molar-refractivity contribution >= 4 is 83.6 Å². The van der Waals surface area contributed by atoms with Crippen LogP contribution in [0.2, 0.25) is 0 Å². The molecule has 2 N–H and O–H groups in total. The van der Waals surface area contributed by atoms with E-state index in [4.69, 9.17) is 14.2 Å². The van der Waals surface area contributed by atoms with Gasteiger partial charge in [0.05, 0.1) is 48.8 Å². The molecule has 18 heteroatoms. The molecule has 4 heterocycles. The molecule has 0 radical (unpaired) electrons.